The van der Waals surface area contributed by atoms with Crippen LogP contribution in [0.25, 0.3) is 0 Å². The van der Waals surface area contributed by atoms with Crippen LogP contribution in [0.4, 0.5) is 0 Å². The van der Waals surface area contributed by atoms with Crippen LogP contribution >= 0.6 is 0 Å². The van der Waals surface area contributed by atoms with Gasteiger partial charge in [-0.2, -0.15) is 0 Å². The van der Waals surface area contributed by atoms with Gasteiger partial charge < -0.3 is 14.2 Å². The van der Waals surface area contributed by atoms with Crippen LogP contribution in [0.15, 0.2) is 12.2 Å². The van der Waals surface area contributed by atoms with Gasteiger partial charge in [0.15, 0.2) is 6.29 Å². The molecule has 0 aromatic rings. The van der Waals surface area contributed by atoms with Crippen LogP contribution in [-0.4, -0.2) is 37.9 Å². The molecule has 1 aliphatic carbocycles. The van der Waals surface area contributed by atoms with Crippen molar-refractivity contribution in [1.82, 2.24) is 0 Å². The molecule has 0 aromatic carbocycles. The Balaban J connectivity index is 2.02. The molecule has 0 N–H and O–H groups in total. The van der Waals surface area contributed by atoms with Gasteiger partial charge >= 0.3 is 5.97 Å². The van der Waals surface area contributed by atoms with Gasteiger partial charge in [-0.25, -0.2) is 0 Å². The fourth-order valence-corrected chi connectivity index (χ4v) is 3.10. The predicted molar refractivity (Wildman–Crippen MR) is 76.5 cm³/mol. The van der Waals surface area contributed by atoms with Crippen LogP contribution in [-0.2, 0) is 23.8 Å². The molecule has 118 valence electrons. The molecular weight excluding hydrogens is 272 g/mol. The number of hydrogen-bond acceptors (Lipinski definition) is 5. The molecule has 5 heteroatoms. The number of ketones is 1. The molecule has 1 unspecified atom stereocenters. The second-order valence-electron chi connectivity index (χ2n) is 5.63. The van der Waals surface area contributed by atoms with Crippen molar-refractivity contribution in [2.24, 2.45) is 11.8 Å². The molecule has 0 radical (unpaired) electrons. The maximum Gasteiger partial charge on any atom is 0.306 e. The average Bonchev–Trinajstić information content (AvgIpc) is 2.77. The first-order valence-corrected chi connectivity index (χ1v) is 7.65. The fourth-order valence-electron chi connectivity index (χ4n) is 3.10. The molecule has 1 saturated heterocycles. The number of esters is 1. The molecule has 2 aliphatic rings. The maximum absolute atomic E-state index is 12.2. The number of carbonyl (C=O) groups is 2. The minimum atomic E-state index is -0.350. The minimum Gasteiger partial charge on any atom is -0.469 e. The normalized spacial score (nSPS) is 33.5. The first-order chi connectivity index (χ1) is 10.2. The lowest BCUT2D eigenvalue weighted by Crippen LogP contribution is -2.31. The van der Waals surface area contributed by atoms with Crippen molar-refractivity contribution >= 4 is 11.8 Å². The zero-order chi connectivity index (χ0) is 15.2. The summed E-state index contributed by atoms with van der Waals surface area (Å²) in [5, 5.41) is 0. The summed E-state index contributed by atoms with van der Waals surface area (Å²) < 4.78 is 16.3. The van der Waals surface area contributed by atoms with Gasteiger partial charge in [-0.15, -0.1) is 0 Å². The Hall–Kier alpha value is -1.20. The van der Waals surface area contributed by atoms with Crippen LogP contribution in [0.1, 0.15) is 39.0 Å². The Morgan fingerprint density at radius 2 is 2.24 bits per heavy atom. The SMILES string of the molecule is C/C=C/[C@H]1[C@H](OC2CCCCO2)CC(=O)[C@@H]1CC(=O)OC. The number of Topliss-reactive ketones (excluding diaryl/α,β-unsaturated/α-hetero) is 1. The molecule has 0 aromatic heterocycles. The summed E-state index contributed by atoms with van der Waals surface area (Å²) in [6.45, 7) is 2.62. The highest BCUT2D eigenvalue weighted by molar-refractivity contribution is 5.88. The molecule has 0 amide bonds. The molecule has 0 bridgehead atoms. The summed E-state index contributed by atoms with van der Waals surface area (Å²) >= 11 is 0. The summed E-state index contributed by atoms with van der Waals surface area (Å²) in [4.78, 5) is 23.7. The number of ether oxygens (including phenoxy) is 3. The largest absolute Gasteiger partial charge is 0.469 e. The van der Waals surface area contributed by atoms with E-state index in [1.807, 2.05) is 19.1 Å². The van der Waals surface area contributed by atoms with Gasteiger partial charge in [0.1, 0.15) is 5.78 Å². The smallest absolute Gasteiger partial charge is 0.306 e. The van der Waals surface area contributed by atoms with E-state index in [0.29, 0.717) is 13.0 Å². The second-order valence-corrected chi connectivity index (χ2v) is 5.63. The fraction of sp³-hybridized carbons (Fsp3) is 0.750. The van der Waals surface area contributed by atoms with Gasteiger partial charge in [0.2, 0.25) is 0 Å². The van der Waals surface area contributed by atoms with Crippen molar-refractivity contribution in [1.29, 1.82) is 0 Å². The number of allylic oxidation sites excluding steroid dienone is 1. The van der Waals surface area contributed by atoms with Crippen molar-refractivity contribution in [2.75, 3.05) is 13.7 Å². The highest BCUT2D eigenvalue weighted by Gasteiger charge is 2.43. The summed E-state index contributed by atoms with van der Waals surface area (Å²) in [7, 11) is 1.34. The standard InChI is InChI=1S/C16H24O5/c1-3-6-11-12(9-15(18)19-2)13(17)10-14(11)21-16-7-4-5-8-20-16/h3,6,11-12,14,16H,4-5,7-10H2,1-2H3/b6-3+/t11-,12-,14-,16?/m1/s1. The molecular formula is C16H24O5. The van der Waals surface area contributed by atoms with E-state index in [2.05, 4.69) is 0 Å². The maximum atomic E-state index is 12.2. The van der Waals surface area contributed by atoms with Crippen molar-refractivity contribution in [2.45, 2.75) is 51.4 Å². The van der Waals surface area contributed by atoms with E-state index in [0.717, 1.165) is 19.3 Å². The lowest BCUT2D eigenvalue weighted by Gasteiger charge is -2.28. The molecule has 5 nitrogen and oxygen atoms in total. The molecule has 2 fully saturated rings. The van der Waals surface area contributed by atoms with Crippen molar-refractivity contribution in [3.05, 3.63) is 12.2 Å². The van der Waals surface area contributed by atoms with Crippen LogP contribution in [0.5, 0.6) is 0 Å². The summed E-state index contributed by atoms with van der Waals surface area (Å²) in [5.41, 5.74) is 0. The summed E-state index contributed by atoms with van der Waals surface area (Å²) in [5.74, 6) is -0.698. The topological polar surface area (TPSA) is 61.8 Å². The van der Waals surface area contributed by atoms with Crippen molar-refractivity contribution < 1.29 is 23.8 Å². The second kappa shape index (κ2) is 7.71. The van der Waals surface area contributed by atoms with Gasteiger partial charge in [-0.05, 0) is 26.2 Å². The number of hydrogen-bond donors (Lipinski definition) is 0. The Bertz CT molecular complexity index is 397. The van der Waals surface area contributed by atoms with E-state index < -0.39 is 0 Å². The molecule has 0 spiro atoms. The third-order valence-electron chi connectivity index (χ3n) is 4.20. The number of methoxy groups -OCH3 is 1. The Morgan fingerprint density at radius 1 is 1.43 bits per heavy atom. The number of carbonyl (C=O) groups excluding carboxylic acids is 2. The molecule has 1 heterocycles. The minimum absolute atomic E-state index is 0.0734. The molecule has 1 aliphatic heterocycles. The van der Waals surface area contributed by atoms with E-state index in [-0.39, 0.29) is 42.4 Å². The van der Waals surface area contributed by atoms with Gasteiger partial charge in [-0.3, -0.25) is 9.59 Å². The van der Waals surface area contributed by atoms with E-state index in [9.17, 15) is 9.59 Å². The molecule has 2 rings (SSSR count). The van der Waals surface area contributed by atoms with Crippen LogP contribution < -0.4 is 0 Å². The first kappa shape index (κ1) is 16.2. The Labute approximate surface area is 125 Å². The van der Waals surface area contributed by atoms with Gasteiger partial charge in [0.05, 0.1) is 19.6 Å². The van der Waals surface area contributed by atoms with E-state index >= 15 is 0 Å². The zero-order valence-electron chi connectivity index (χ0n) is 12.7. The van der Waals surface area contributed by atoms with Crippen molar-refractivity contribution in [3.63, 3.8) is 0 Å². The monoisotopic (exact) mass is 296 g/mol. The summed E-state index contributed by atoms with van der Waals surface area (Å²) in [6.07, 6.45) is 6.93. The van der Waals surface area contributed by atoms with E-state index in [1.165, 1.54) is 7.11 Å². The lowest BCUT2D eigenvalue weighted by molar-refractivity contribution is -0.192. The summed E-state index contributed by atoms with van der Waals surface area (Å²) in [6, 6.07) is 0. The lowest BCUT2D eigenvalue weighted by atomic mass is 9.91. The third-order valence-corrected chi connectivity index (χ3v) is 4.20. The number of rotatable bonds is 5. The van der Waals surface area contributed by atoms with Gasteiger partial charge in [0, 0.05) is 24.9 Å². The zero-order valence-corrected chi connectivity index (χ0v) is 12.7. The van der Waals surface area contributed by atoms with Gasteiger partial charge in [0.25, 0.3) is 0 Å². The highest BCUT2D eigenvalue weighted by Crippen LogP contribution is 2.36. The Kier molecular flexibility index (Phi) is 5.94. The first-order valence-electron chi connectivity index (χ1n) is 7.65. The van der Waals surface area contributed by atoms with Crippen molar-refractivity contribution in [3.8, 4) is 0 Å². The molecule has 1 saturated carbocycles. The Morgan fingerprint density at radius 3 is 2.86 bits per heavy atom. The van der Waals surface area contributed by atoms with Crippen LogP contribution in [0.2, 0.25) is 0 Å². The van der Waals surface area contributed by atoms with Crippen LogP contribution in [0, 0.1) is 11.8 Å². The van der Waals surface area contributed by atoms with Gasteiger partial charge in [-0.1, -0.05) is 12.2 Å². The molecule has 21 heavy (non-hydrogen) atoms. The van der Waals surface area contributed by atoms with E-state index in [1.54, 1.807) is 0 Å². The quantitative estimate of drug-likeness (QED) is 0.575. The molecule has 4 atom stereocenters. The highest BCUT2D eigenvalue weighted by atomic mass is 16.7. The predicted octanol–water partition coefficient (Wildman–Crippen LogP) is 2.24. The third kappa shape index (κ3) is 4.14. The van der Waals surface area contributed by atoms with E-state index in [4.69, 9.17) is 14.2 Å². The van der Waals surface area contributed by atoms with Crippen LogP contribution in [0.3, 0.4) is 0 Å². The average molecular weight is 296 g/mol.